The van der Waals surface area contributed by atoms with E-state index < -0.39 is 3.42 Å². The van der Waals surface area contributed by atoms with E-state index >= 15 is 0 Å². The van der Waals surface area contributed by atoms with E-state index in [1.54, 1.807) is 0 Å². The molecule has 23 heavy (non-hydrogen) atoms. The van der Waals surface area contributed by atoms with Gasteiger partial charge >= 0.3 is 0 Å². The van der Waals surface area contributed by atoms with Gasteiger partial charge in [0.05, 0.1) is 41.1 Å². The third-order valence-corrected chi connectivity index (χ3v) is 4.29. The topological polar surface area (TPSA) is 55.4 Å². The van der Waals surface area contributed by atoms with Crippen molar-refractivity contribution in [1.29, 1.82) is 0 Å². The highest BCUT2D eigenvalue weighted by atomic mass is 79.9. The Morgan fingerprint density at radius 3 is 1.09 bits per heavy atom. The Balaban J connectivity index is 0. The summed E-state index contributed by atoms with van der Waals surface area (Å²) in [6.45, 7) is 0. The summed E-state index contributed by atoms with van der Waals surface area (Å²) < 4.78 is 31.4. The molecule has 0 aliphatic heterocycles. The van der Waals surface area contributed by atoms with E-state index in [2.05, 4.69) is 31.9 Å². The van der Waals surface area contributed by atoms with Crippen molar-refractivity contribution in [1.82, 2.24) is 0 Å². The summed E-state index contributed by atoms with van der Waals surface area (Å²) in [5.41, 5.74) is 0.518. The predicted molar refractivity (Wildman–Crippen MR) is 98.2 cm³/mol. The lowest BCUT2D eigenvalue weighted by Gasteiger charge is -2.27. The molecule has 0 fully saturated rings. The highest BCUT2D eigenvalue weighted by Gasteiger charge is 2.39. The van der Waals surface area contributed by atoms with Crippen LogP contribution in [0, 0.1) is 0 Å². The van der Waals surface area contributed by atoms with Gasteiger partial charge in [0, 0.05) is 7.11 Å². The standard InChI is InChI=1S/C13H18Br2O6.BrH.H3P/c1-16-8-7(13(14,15)21-6)9(17-2)11(19-4)12(20-5)10(8)18-3;;/h1-6H3;1H;1H3. The maximum atomic E-state index is 5.46. The van der Waals surface area contributed by atoms with Crippen LogP contribution in [-0.4, -0.2) is 42.7 Å². The Hall–Kier alpha value is 0.0500. The van der Waals surface area contributed by atoms with Crippen molar-refractivity contribution >= 4 is 41.8 Å². The van der Waals surface area contributed by atoms with Gasteiger partial charge in [0.2, 0.25) is 20.7 Å². The zero-order chi connectivity index (χ0) is 16.2. The van der Waals surface area contributed by atoms with Crippen LogP contribution < -0.4 is 40.7 Å². The number of ether oxygens (including phenoxy) is 6. The van der Waals surface area contributed by atoms with E-state index in [1.165, 1.54) is 42.7 Å². The van der Waals surface area contributed by atoms with Gasteiger partial charge in [-0.25, -0.2) is 0 Å². The third kappa shape index (κ3) is 4.78. The number of methoxy groups -OCH3 is 6. The van der Waals surface area contributed by atoms with E-state index in [1.807, 2.05) is 0 Å². The molecule has 1 aromatic carbocycles. The Kier molecular flexibility index (Phi) is 11.9. The van der Waals surface area contributed by atoms with Gasteiger partial charge in [-0.05, 0) is 41.8 Å². The Labute approximate surface area is 167 Å². The summed E-state index contributed by atoms with van der Waals surface area (Å²) in [7, 11) is 9.06. The lowest BCUT2D eigenvalue weighted by Crippen LogP contribution is -3.00. The van der Waals surface area contributed by atoms with E-state index in [9.17, 15) is 0 Å². The molecular formula is C13H22Br3O6P. The smallest absolute Gasteiger partial charge is 0.211 e. The summed E-state index contributed by atoms with van der Waals surface area (Å²) >= 11 is 6.86. The second kappa shape index (κ2) is 10.8. The highest BCUT2D eigenvalue weighted by Crippen LogP contribution is 2.59. The van der Waals surface area contributed by atoms with Crippen LogP contribution in [0.5, 0.6) is 28.7 Å². The third-order valence-electron chi connectivity index (χ3n) is 2.85. The van der Waals surface area contributed by atoms with Gasteiger partial charge in [0.15, 0.2) is 11.5 Å². The van der Waals surface area contributed by atoms with Crippen LogP contribution in [0.3, 0.4) is 0 Å². The summed E-state index contributed by atoms with van der Waals surface area (Å²) in [6.07, 6.45) is 0. The summed E-state index contributed by atoms with van der Waals surface area (Å²) in [5, 5.41) is 0. The van der Waals surface area contributed by atoms with Gasteiger partial charge in [-0.15, -0.1) is 0 Å². The molecular weight excluding hydrogens is 523 g/mol. The molecule has 0 amide bonds. The molecule has 0 aliphatic carbocycles. The Morgan fingerprint density at radius 1 is 0.609 bits per heavy atom. The zero-order valence-electron chi connectivity index (χ0n) is 14.1. The average Bonchev–Trinajstić information content (AvgIpc) is 2.51. The van der Waals surface area contributed by atoms with Crippen LogP contribution in [0.1, 0.15) is 5.56 Å². The van der Waals surface area contributed by atoms with Gasteiger partial charge < -0.3 is 45.4 Å². The number of benzene rings is 1. The molecule has 0 N–H and O–H groups in total. The molecule has 136 valence electrons. The molecule has 1 atom stereocenters. The van der Waals surface area contributed by atoms with E-state index in [4.69, 9.17) is 28.4 Å². The van der Waals surface area contributed by atoms with Crippen molar-refractivity contribution in [3.8, 4) is 28.7 Å². The molecule has 0 aromatic heterocycles. The molecule has 1 aromatic rings. The second-order valence-electron chi connectivity index (χ2n) is 3.76. The van der Waals surface area contributed by atoms with Gasteiger partial charge in [-0.1, -0.05) is 0 Å². The monoisotopic (exact) mass is 542 g/mol. The fraction of sp³-hybridized carbons (Fsp3) is 0.538. The Bertz CT molecular complexity index is 480. The molecule has 0 spiro atoms. The number of halogens is 3. The molecule has 0 bridgehead atoms. The predicted octanol–water partition coefficient (Wildman–Crippen LogP) is 0.0705. The maximum absolute atomic E-state index is 5.46. The molecule has 0 saturated carbocycles. The minimum atomic E-state index is -1.05. The fourth-order valence-corrected chi connectivity index (χ4v) is 2.67. The van der Waals surface area contributed by atoms with Crippen molar-refractivity contribution in [3.05, 3.63) is 5.56 Å². The van der Waals surface area contributed by atoms with Gasteiger partial charge in [-0.2, -0.15) is 0 Å². The highest BCUT2D eigenvalue weighted by molar-refractivity contribution is 9.24. The van der Waals surface area contributed by atoms with E-state index in [0.717, 1.165) is 0 Å². The first-order valence-corrected chi connectivity index (χ1v) is 7.39. The summed E-state index contributed by atoms with van der Waals surface area (Å²) in [6, 6.07) is 0. The van der Waals surface area contributed by atoms with Crippen molar-refractivity contribution in [2.24, 2.45) is 0 Å². The Morgan fingerprint density at radius 2 is 0.870 bits per heavy atom. The summed E-state index contributed by atoms with van der Waals surface area (Å²) in [4.78, 5) is 0. The van der Waals surface area contributed by atoms with Crippen molar-refractivity contribution < 1.29 is 45.4 Å². The molecule has 0 heterocycles. The van der Waals surface area contributed by atoms with Gasteiger partial charge in [0.25, 0.3) is 0 Å². The number of rotatable bonds is 7. The fourth-order valence-electron chi connectivity index (χ4n) is 1.95. The van der Waals surface area contributed by atoms with Crippen LogP contribution >= 0.6 is 41.8 Å². The molecule has 1 rings (SSSR count). The van der Waals surface area contributed by atoms with Crippen LogP contribution in [0.4, 0.5) is 0 Å². The molecule has 0 radical (unpaired) electrons. The zero-order valence-corrected chi connectivity index (χ0v) is 20.8. The first-order valence-electron chi connectivity index (χ1n) is 5.80. The summed E-state index contributed by atoms with van der Waals surface area (Å²) in [5.74, 6) is 1.88. The van der Waals surface area contributed by atoms with Crippen LogP contribution in [-0.2, 0) is 8.16 Å². The first kappa shape index (κ1) is 25.3. The van der Waals surface area contributed by atoms with E-state index in [0.29, 0.717) is 34.3 Å². The van der Waals surface area contributed by atoms with Crippen molar-refractivity contribution in [2.45, 2.75) is 3.42 Å². The van der Waals surface area contributed by atoms with Gasteiger partial charge in [0.1, 0.15) is 0 Å². The van der Waals surface area contributed by atoms with Crippen LogP contribution in [0.2, 0.25) is 0 Å². The van der Waals surface area contributed by atoms with Crippen LogP contribution in [0.15, 0.2) is 0 Å². The SMILES string of the molecule is COc1c(OC)c(OC)c(C(Br)(Br)OC)c(OC)c1OC.[Br-].[PH4+]. The number of hydrogen-bond donors (Lipinski definition) is 0. The second-order valence-corrected chi connectivity index (χ2v) is 7.06. The lowest BCUT2D eigenvalue weighted by molar-refractivity contribution is -0.00000615. The molecule has 10 heteroatoms. The minimum Gasteiger partial charge on any atom is -1.00 e. The molecule has 0 aliphatic rings. The van der Waals surface area contributed by atoms with Crippen LogP contribution in [0.25, 0.3) is 0 Å². The van der Waals surface area contributed by atoms with Crippen molar-refractivity contribution in [2.75, 3.05) is 42.7 Å². The van der Waals surface area contributed by atoms with Gasteiger partial charge in [-0.3, -0.25) is 0 Å². The molecule has 1 unspecified atom stereocenters. The molecule has 0 saturated heterocycles. The van der Waals surface area contributed by atoms with Crippen molar-refractivity contribution in [3.63, 3.8) is 0 Å². The average molecular weight is 545 g/mol. The number of alkyl halides is 2. The maximum Gasteiger partial charge on any atom is 0.211 e. The van der Waals surface area contributed by atoms with E-state index in [-0.39, 0.29) is 26.9 Å². The number of hydrogen-bond acceptors (Lipinski definition) is 6. The largest absolute Gasteiger partial charge is 1.00 e. The normalized spacial score (nSPS) is 10.1. The minimum absolute atomic E-state index is 0. The first-order chi connectivity index (χ1) is 9.93. The molecule has 6 nitrogen and oxygen atoms in total. The lowest BCUT2D eigenvalue weighted by atomic mass is 10.1. The quantitative estimate of drug-likeness (QED) is 0.358.